The molecule has 0 unspecified atom stereocenters. The Hall–Kier alpha value is -4.19. The lowest BCUT2D eigenvalue weighted by molar-refractivity contribution is -0.134. The van der Waals surface area contributed by atoms with E-state index in [4.69, 9.17) is 26.9 Å². The van der Waals surface area contributed by atoms with Crippen molar-refractivity contribution in [3.8, 4) is 0 Å². The van der Waals surface area contributed by atoms with Gasteiger partial charge in [-0.3, -0.25) is 4.79 Å². The number of carboxylic acids is 3. The molecule has 0 aliphatic carbocycles. The first-order valence-electron chi connectivity index (χ1n) is 12.5. The number of anilines is 3. The number of nitrogens with zero attached hydrogens (tertiary/aromatic N) is 2. The average Bonchev–Trinajstić information content (AvgIpc) is 3.00. The summed E-state index contributed by atoms with van der Waals surface area (Å²) >= 11 is 6.34. The number of rotatable bonds is 13. The van der Waals surface area contributed by atoms with E-state index in [0.29, 0.717) is 48.8 Å². The van der Waals surface area contributed by atoms with Crippen LogP contribution in [0.5, 0.6) is 0 Å². The lowest BCUT2D eigenvalue weighted by Gasteiger charge is -2.28. The van der Waals surface area contributed by atoms with Crippen LogP contribution < -0.4 is 15.1 Å². The first-order valence-corrected chi connectivity index (χ1v) is 12.9. The van der Waals surface area contributed by atoms with Crippen molar-refractivity contribution in [3.63, 3.8) is 0 Å². The van der Waals surface area contributed by atoms with Crippen LogP contribution in [-0.2, 0) is 14.4 Å². The number of halogens is 1. The molecular weight excluding hydrogens is 542 g/mol. The molecule has 5 N–H and O–H groups in total. The molecule has 0 radical (unpaired) electrons. The zero-order valence-electron chi connectivity index (χ0n) is 21.7. The molecule has 0 aromatic heterocycles. The summed E-state index contributed by atoms with van der Waals surface area (Å²) in [6.07, 6.45) is 6.06. The first kappa shape index (κ1) is 32.0. The monoisotopic (exact) mass is 573 g/mol. The van der Waals surface area contributed by atoms with Crippen molar-refractivity contribution in [2.45, 2.75) is 19.3 Å². The van der Waals surface area contributed by atoms with Gasteiger partial charge in [-0.1, -0.05) is 29.8 Å². The summed E-state index contributed by atoms with van der Waals surface area (Å²) in [6, 6.07) is 13.1. The standard InChI is InChI=1S/C24H28ClN3O4.C4H4O4/c25-18-10-11-21-22(17-18)27(14-4-3-12-26-13-5-9-23(30)31)20-8-2-1-7-19(20)24(32)28(21)15-6-16-29;5-3(6)1-2-4(7)8/h1-2,5,7-11,17,26,29H,3-4,6,12-16H2,(H,30,31);1-2H,(H,5,6)(H,7,8)/b9-5+;2-1-. The lowest BCUT2D eigenvalue weighted by atomic mass is 10.1. The smallest absolute Gasteiger partial charge is 0.328 e. The average molecular weight is 574 g/mol. The molecular formula is C28H32ClN3O8. The highest BCUT2D eigenvalue weighted by Crippen LogP contribution is 2.42. The van der Waals surface area contributed by atoms with Crippen LogP contribution in [0.25, 0.3) is 0 Å². The van der Waals surface area contributed by atoms with Crippen LogP contribution in [0.1, 0.15) is 29.6 Å². The fourth-order valence-electron chi connectivity index (χ4n) is 3.91. The van der Waals surface area contributed by atoms with Crippen LogP contribution in [0.2, 0.25) is 5.02 Å². The Bertz CT molecular complexity index is 1230. The second-order valence-electron chi connectivity index (χ2n) is 8.50. The second-order valence-corrected chi connectivity index (χ2v) is 8.93. The number of para-hydroxylation sites is 1. The molecule has 1 heterocycles. The molecule has 11 nitrogen and oxygen atoms in total. The summed E-state index contributed by atoms with van der Waals surface area (Å²) in [5.41, 5.74) is 3.10. The van der Waals surface area contributed by atoms with Gasteiger partial charge in [0.15, 0.2) is 0 Å². The molecule has 0 atom stereocenters. The van der Waals surface area contributed by atoms with Gasteiger partial charge in [-0.15, -0.1) is 0 Å². The molecule has 0 spiro atoms. The van der Waals surface area contributed by atoms with E-state index in [1.165, 1.54) is 0 Å². The molecule has 1 aliphatic rings. The SMILES string of the molecule is O=C(O)/C=C/CNCCCCN1c2ccccc2C(=O)N(CCCO)c2ccc(Cl)cc21.O=C(O)/C=C\C(=O)O. The molecule has 1 amide bonds. The van der Waals surface area contributed by atoms with Gasteiger partial charge in [-0.05, 0) is 56.1 Å². The number of carboxylic acid groups (broad SMARTS) is 3. The van der Waals surface area contributed by atoms with Gasteiger partial charge in [0, 0.05) is 49.5 Å². The van der Waals surface area contributed by atoms with E-state index >= 15 is 0 Å². The number of unbranched alkanes of at least 4 members (excludes halogenated alkanes) is 1. The molecule has 0 saturated carbocycles. The minimum Gasteiger partial charge on any atom is -0.478 e. The number of aliphatic hydroxyl groups is 1. The second kappa shape index (κ2) is 16.7. The molecule has 40 heavy (non-hydrogen) atoms. The van der Waals surface area contributed by atoms with E-state index in [1.807, 2.05) is 36.4 Å². The number of benzene rings is 2. The minimum absolute atomic E-state index is 0.00666. The number of carbonyl (C=O) groups excluding carboxylic acids is 1. The number of carbonyl (C=O) groups is 4. The van der Waals surface area contributed by atoms with Crippen molar-refractivity contribution in [1.82, 2.24) is 5.32 Å². The fourth-order valence-corrected chi connectivity index (χ4v) is 4.08. The van der Waals surface area contributed by atoms with E-state index in [0.717, 1.165) is 42.5 Å². The van der Waals surface area contributed by atoms with Crippen LogP contribution in [-0.4, -0.2) is 77.0 Å². The third-order valence-electron chi connectivity index (χ3n) is 5.61. The third kappa shape index (κ3) is 10.2. The number of hydrogen-bond donors (Lipinski definition) is 5. The largest absolute Gasteiger partial charge is 0.478 e. The zero-order valence-corrected chi connectivity index (χ0v) is 22.5. The molecule has 0 bridgehead atoms. The van der Waals surface area contributed by atoms with E-state index in [-0.39, 0.29) is 12.5 Å². The van der Waals surface area contributed by atoms with Gasteiger partial charge < -0.3 is 35.5 Å². The molecule has 1 aliphatic heterocycles. The Kier molecular flexibility index (Phi) is 13.4. The van der Waals surface area contributed by atoms with E-state index < -0.39 is 17.9 Å². The Morgan fingerprint density at radius 2 is 1.45 bits per heavy atom. The van der Waals surface area contributed by atoms with Gasteiger partial charge in [0.05, 0.1) is 22.6 Å². The first-order chi connectivity index (χ1) is 19.1. The van der Waals surface area contributed by atoms with Crippen LogP contribution in [0.15, 0.2) is 66.8 Å². The maximum Gasteiger partial charge on any atom is 0.328 e. The van der Waals surface area contributed by atoms with Gasteiger partial charge >= 0.3 is 17.9 Å². The highest BCUT2D eigenvalue weighted by molar-refractivity contribution is 6.31. The predicted molar refractivity (Wildman–Crippen MR) is 152 cm³/mol. The Morgan fingerprint density at radius 3 is 2.10 bits per heavy atom. The number of fused-ring (bicyclic) bond motifs is 2. The number of hydrogen-bond acceptors (Lipinski definition) is 7. The highest BCUT2D eigenvalue weighted by Gasteiger charge is 2.30. The molecule has 12 heteroatoms. The maximum atomic E-state index is 13.4. The molecule has 0 saturated heterocycles. The lowest BCUT2D eigenvalue weighted by Crippen LogP contribution is -2.31. The summed E-state index contributed by atoms with van der Waals surface area (Å²) < 4.78 is 0. The van der Waals surface area contributed by atoms with Crippen molar-refractivity contribution in [2.75, 3.05) is 42.6 Å². The Balaban J connectivity index is 0.000000611. The van der Waals surface area contributed by atoms with Crippen LogP contribution in [0.4, 0.5) is 17.1 Å². The number of aliphatic carboxylic acids is 3. The summed E-state index contributed by atoms with van der Waals surface area (Å²) in [5, 5.41) is 37.4. The van der Waals surface area contributed by atoms with E-state index in [9.17, 15) is 24.3 Å². The van der Waals surface area contributed by atoms with Gasteiger partial charge in [0.1, 0.15) is 0 Å². The molecule has 0 fully saturated rings. The Morgan fingerprint density at radius 1 is 0.800 bits per heavy atom. The normalized spacial score (nSPS) is 12.5. The summed E-state index contributed by atoms with van der Waals surface area (Å²) in [6.45, 7) is 2.37. The topological polar surface area (TPSA) is 168 Å². The molecule has 2 aromatic carbocycles. The van der Waals surface area contributed by atoms with Gasteiger partial charge in [-0.2, -0.15) is 0 Å². The van der Waals surface area contributed by atoms with Crippen LogP contribution >= 0.6 is 11.6 Å². The predicted octanol–water partition coefficient (Wildman–Crippen LogP) is 3.54. The van der Waals surface area contributed by atoms with Crippen molar-refractivity contribution in [1.29, 1.82) is 0 Å². The number of aliphatic hydroxyl groups excluding tert-OH is 1. The van der Waals surface area contributed by atoms with Crippen molar-refractivity contribution in [2.24, 2.45) is 0 Å². The molecule has 2 aromatic rings. The summed E-state index contributed by atoms with van der Waals surface area (Å²) in [5.74, 6) is -3.56. The van der Waals surface area contributed by atoms with Crippen LogP contribution in [0, 0.1) is 0 Å². The van der Waals surface area contributed by atoms with E-state index in [1.54, 1.807) is 17.0 Å². The zero-order chi connectivity index (χ0) is 29.5. The molecule has 3 rings (SSSR count). The Labute approximate surface area is 236 Å². The highest BCUT2D eigenvalue weighted by atomic mass is 35.5. The fraction of sp³-hybridized carbons (Fsp3) is 0.286. The molecule has 214 valence electrons. The van der Waals surface area contributed by atoms with E-state index in [2.05, 4.69) is 10.2 Å². The van der Waals surface area contributed by atoms with Crippen LogP contribution in [0.3, 0.4) is 0 Å². The van der Waals surface area contributed by atoms with Crippen molar-refractivity contribution < 1.29 is 39.6 Å². The van der Waals surface area contributed by atoms with Gasteiger partial charge in [0.25, 0.3) is 5.91 Å². The number of amides is 1. The van der Waals surface area contributed by atoms with Crippen molar-refractivity contribution in [3.05, 3.63) is 77.4 Å². The minimum atomic E-state index is -1.26. The maximum absolute atomic E-state index is 13.4. The summed E-state index contributed by atoms with van der Waals surface area (Å²) in [4.78, 5) is 46.8. The quantitative estimate of drug-likeness (QED) is 0.176. The van der Waals surface area contributed by atoms with Crippen molar-refractivity contribution >= 4 is 52.5 Å². The van der Waals surface area contributed by atoms with Gasteiger partial charge in [0.2, 0.25) is 0 Å². The summed E-state index contributed by atoms with van der Waals surface area (Å²) in [7, 11) is 0. The third-order valence-corrected chi connectivity index (χ3v) is 5.84. The number of nitrogens with one attached hydrogen (secondary N) is 1. The van der Waals surface area contributed by atoms with Gasteiger partial charge in [-0.25, -0.2) is 14.4 Å².